The summed E-state index contributed by atoms with van der Waals surface area (Å²) >= 11 is 0. The van der Waals surface area contributed by atoms with Crippen molar-refractivity contribution in [2.24, 2.45) is 0 Å². The summed E-state index contributed by atoms with van der Waals surface area (Å²) in [6.45, 7) is 7.29. The van der Waals surface area contributed by atoms with E-state index in [-0.39, 0.29) is 0 Å². The second-order valence-corrected chi connectivity index (χ2v) is 4.54. The molecule has 1 atom stereocenters. The van der Waals surface area contributed by atoms with Crippen LogP contribution in [0.15, 0.2) is 30.7 Å². The Hall–Kier alpha value is -1.61. The van der Waals surface area contributed by atoms with Crippen LogP contribution in [-0.2, 0) is 6.54 Å². The number of benzene rings is 1. The zero-order valence-electron chi connectivity index (χ0n) is 10.6. The van der Waals surface area contributed by atoms with Gasteiger partial charge in [-0.15, -0.1) is 0 Å². The van der Waals surface area contributed by atoms with Gasteiger partial charge in [-0.3, -0.25) is 0 Å². The number of aromatic amines is 1. The van der Waals surface area contributed by atoms with E-state index < -0.39 is 0 Å². The van der Waals surface area contributed by atoms with E-state index in [9.17, 15) is 0 Å². The van der Waals surface area contributed by atoms with Crippen LogP contribution in [-0.4, -0.2) is 9.97 Å². The molecule has 0 amide bonds. The Morgan fingerprint density at radius 1 is 1.35 bits per heavy atom. The van der Waals surface area contributed by atoms with Gasteiger partial charge in [0.25, 0.3) is 0 Å². The third kappa shape index (κ3) is 2.94. The summed E-state index contributed by atoms with van der Waals surface area (Å²) in [7, 11) is 0. The monoisotopic (exact) mass is 229 g/mol. The van der Waals surface area contributed by atoms with Crippen molar-refractivity contribution in [2.45, 2.75) is 33.4 Å². The summed E-state index contributed by atoms with van der Waals surface area (Å²) in [4.78, 5) is 7.11. The number of rotatable bonds is 4. The van der Waals surface area contributed by atoms with E-state index in [0.717, 1.165) is 12.2 Å². The average Bonchev–Trinajstić information content (AvgIpc) is 2.82. The Balaban J connectivity index is 2.04. The topological polar surface area (TPSA) is 40.7 Å². The smallest absolute Gasteiger partial charge is 0.0922 e. The average molecular weight is 229 g/mol. The number of aryl methyl sites for hydroxylation is 2. The Labute approximate surface area is 102 Å². The van der Waals surface area contributed by atoms with Gasteiger partial charge in [0, 0.05) is 24.5 Å². The second-order valence-electron chi connectivity index (χ2n) is 4.54. The summed E-state index contributed by atoms with van der Waals surface area (Å²) in [5, 5.41) is 3.50. The fraction of sp³-hybridized carbons (Fsp3) is 0.357. The zero-order valence-corrected chi connectivity index (χ0v) is 10.6. The van der Waals surface area contributed by atoms with Crippen LogP contribution in [0, 0.1) is 13.8 Å². The lowest BCUT2D eigenvalue weighted by Crippen LogP contribution is -2.19. The van der Waals surface area contributed by atoms with Crippen molar-refractivity contribution in [3.8, 4) is 0 Å². The van der Waals surface area contributed by atoms with E-state index >= 15 is 0 Å². The van der Waals surface area contributed by atoms with Gasteiger partial charge >= 0.3 is 0 Å². The molecule has 1 heterocycles. The fourth-order valence-electron chi connectivity index (χ4n) is 1.98. The molecule has 1 aromatic heterocycles. The SMILES string of the molecule is Cc1ccc(C)c(C(C)NCc2cnc[nH]2)c1. The minimum absolute atomic E-state index is 0.346. The molecule has 0 spiro atoms. The molecule has 3 heteroatoms. The summed E-state index contributed by atoms with van der Waals surface area (Å²) in [6, 6.07) is 6.93. The molecule has 1 unspecified atom stereocenters. The van der Waals surface area contributed by atoms with E-state index in [1.54, 1.807) is 6.33 Å². The summed E-state index contributed by atoms with van der Waals surface area (Å²) in [5.41, 5.74) is 5.12. The molecule has 2 rings (SSSR count). The van der Waals surface area contributed by atoms with Crippen molar-refractivity contribution < 1.29 is 0 Å². The highest BCUT2D eigenvalue weighted by molar-refractivity contribution is 5.32. The Morgan fingerprint density at radius 2 is 2.18 bits per heavy atom. The quantitative estimate of drug-likeness (QED) is 0.846. The molecule has 0 saturated carbocycles. The highest BCUT2D eigenvalue weighted by Crippen LogP contribution is 2.19. The maximum Gasteiger partial charge on any atom is 0.0922 e. The van der Waals surface area contributed by atoms with E-state index in [0.29, 0.717) is 6.04 Å². The second kappa shape index (κ2) is 5.15. The maximum atomic E-state index is 4.01. The fourth-order valence-corrected chi connectivity index (χ4v) is 1.98. The lowest BCUT2D eigenvalue weighted by molar-refractivity contribution is 0.566. The minimum Gasteiger partial charge on any atom is -0.347 e. The van der Waals surface area contributed by atoms with Crippen molar-refractivity contribution in [2.75, 3.05) is 0 Å². The largest absolute Gasteiger partial charge is 0.347 e. The number of nitrogens with one attached hydrogen (secondary N) is 2. The van der Waals surface area contributed by atoms with Gasteiger partial charge in [0.05, 0.1) is 6.33 Å². The van der Waals surface area contributed by atoms with Gasteiger partial charge in [-0.1, -0.05) is 23.8 Å². The first-order valence-corrected chi connectivity index (χ1v) is 5.94. The van der Waals surface area contributed by atoms with E-state index in [1.165, 1.54) is 16.7 Å². The van der Waals surface area contributed by atoms with Gasteiger partial charge < -0.3 is 10.3 Å². The number of aromatic nitrogens is 2. The molecule has 1 aromatic carbocycles. The molecule has 0 aliphatic heterocycles. The van der Waals surface area contributed by atoms with Crippen LogP contribution in [0.25, 0.3) is 0 Å². The molecule has 17 heavy (non-hydrogen) atoms. The molecule has 2 N–H and O–H groups in total. The van der Waals surface area contributed by atoms with Crippen molar-refractivity contribution >= 4 is 0 Å². The molecule has 0 bridgehead atoms. The Bertz CT molecular complexity index is 474. The molecule has 3 nitrogen and oxygen atoms in total. The number of nitrogens with zero attached hydrogens (tertiary/aromatic N) is 1. The van der Waals surface area contributed by atoms with Gasteiger partial charge in [-0.2, -0.15) is 0 Å². The first kappa shape index (κ1) is 11.9. The predicted octanol–water partition coefficient (Wildman–Crippen LogP) is 2.88. The first-order valence-electron chi connectivity index (χ1n) is 5.94. The van der Waals surface area contributed by atoms with E-state index in [1.807, 2.05) is 6.20 Å². The van der Waals surface area contributed by atoms with Gasteiger partial charge in [0.15, 0.2) is 0 Å². The van der Waals surface area contributed by atoms with Crippen molar-refractivity contribution in [1.82, 2.24) is 15.3 Å². The van der Waals surface area contributed by atoms with E-state index in [2.05, 4.69) is 54.3 Å². The maximum absolute atomic E-state index is 4.01. The van der Waals surface area contributed by atoms with Crippen molar-refractivity contribution in [1.29, 1.82) is 0 Å². The predicted molar refractivity (Wildman–Crippen MR) is 69.8 cm³/mol. The highest BCUT2D eigenvalue weighted by Gasteiger charge is 2.08. The van der Waals surface area contributed by atoms with Crippen LogP contribution in [0.4, 0.5) is 0 Å². The minimum atomic E-state index is 0.346. The molecule has 2 aromatic rings. The van der Waals surface area contributed by atoms with Gasteiger partial charge in [-0.05, 0) is 31.9 Å². The van der Waals surface area contributed by atoms with Crippen LogP contribution in [0.1, 0.15) is 35.3 Å². The van der Waals surface area contributed by atoms with Gasteiger partial charge in [0.2, 0.25) is 0 Å². The van der Waals surface area contributed by atoms with Crippen molar-refractivity contribution in [3.63, 3.8) is 0 Å². The number of H-pyrrole nitrogens is 1. The summed E-state index contributed by atoms with van der Waals surface area (Å²) < 4.78 is 0. The number of imidazole rings is 1. The molecule has 0 saturated heterocycles. The Morgan fingerprint density at radius 3 is 2.88 bits per heavy atom. The van der Waals surface area contributed by atoms with E-state index in [4.69, 9.17) is 0 Å². The first-order chi connectivity index (χ1) is 8.16. The number of hydrogen-bond acceptors (Lipinski definition) is 2. The molecule has 0 aliphatic carbocycles. The summed E-state index contributed by atoms with van der Waals surface area (Å²) in [6.07, 6.45) is 3.56. The van der Waals surface area contributed by atoms with Crippen LogP contribution in [0.5, 0.6) is 0 Å². The normalized spacial score (nSPS) is 12.6. The molecule has 90 valence electrons. The standard InChI is InChI=1S/C14H19N3/c1-10-4-5-11(2)14(6-10)12(3)16-8-13-7-15-9-17-13/h4-7,9,12,16H,8H2,1-3H3,(H,15,17). The molecule has 0 aliphatic rings. The molecular weight excluding hydrogens is 210 g/mol. The lowest BCUT2D eigenvalue weighted by atomic mass is 10.00. The Kier molecular flexibility index (Phi) is 3.59. The lowest BCUT2D eigenvalue weighted by Gasteiger charge is -2.16. The highest BCUT2D eigenvalue weighted by atomic mass is 15.0. The third-order valence-electron chi connectivity index (χ3n) is 3.05. The van der Waals surface area contributed by atoms with Crippen LogP contribution < -0.4 is 5.32 Å². The van der Waals surface area contributed by atoms with Crippen LogP contribution in [0.2, 0.25) is 0 Å². The zero-order chi connectivity index (χ0) is 12.3. The molecule has 0 fully saturated rings. The summed E-state index contributed by atoms with van der Waals surface area (Å²) in [5.74, 6) is 0. The van der Waals surface area contributed by atoms with Gasteiger partial charge in [0.1, 0.15) is 0 Å². The van der Waals surface area contributed by atoms with Gasteiger partial charge in [-0.25, -0.2) is 4.98 Å². The third-order valence-corrected chi connectivity index (χ3v) is 3.05. The molecule has 0 radical (unpaired) electrons. The van der Waals surface area contributed by atoms with Crippen LogP contribution in [0.3, 0.4) is 0 Å². The number of hydrogen-bond donors (Lipinski definition) is 2. The van der Waals surface area contributed by atoms with Crippen molar-refractivity contribution in [3.05, 3.63) is 53.1 Å². The molecular formula is C14H19N3. The van der Waals surface area contributed by atoms with Crippen LogP contribution >= 0.6 is 0 Å².